The minimum absolute atomic E-state index is 0.311. The lowest BCUT2D eigenvalue weighted by atomic mass is 10.0. The van der Waals surface area contributed by atoms with Gasteiger partial charge in [-0.15, -0.1) is 11.3 Å². The third kappa shape index (κ3) is 3.42. The normalized spacial score (nSPS) is 16.3. The highest BCUT2D eigenvalue weighted by Gasteiger charge is 2.65. The second kappa shape index (κ2) is 6.77. The van der Waals surface area contributed by atoms with Gasteiger partial charge in [0.05, 0.1) is 4.88 Å². The second-order valence-corrected chi connectivity index (χ2v) is 7.25. The molecule has 0 aliphatic carbocycles. The zero-order valence-electron chi connectivity index (χ0n) is 14.8. The molecule has 9 heteroatoms. The van der Waals surface area contributed by atoms with E-state index in [-0.39, 0.29) is 5.91 Å². The van der Waals surface area contributed by atoms with Crippen LogP contribution in [0, 0.1) is 6.92 Å². The molecule has 0 spiro atoms. The Morgan fingerprint density at radius 3 is 2.34 bits per heavy atom. The highest BCUT2D eigenvalue weighted by molar-refractivity contribution is 7.12. The third-order valence-corrected chi connectivity index (χ3v) is 5.33. The van der Waals surface area contributed by atoms with E-state index in [9.17, 15) is 22.4 Å². The van der Waals surface area contributed by atoms with Crippen LogP contribution in [-0.2, 0) is 0 Å². The molecule has 29 heavy (non-hydrogen) atoms. The summed E-state index contributed by atoms with van der Waals surface area (Å²) in [5.74, 6) is -1.33. The molecule has 1 aliphatic heterocycles. The largest absolute Gasteiger partial charge is 0.507 e. The number of thiophene rings is 1. The fraction of sp³-hybridized carbons (Fsp3) is 0.150. The smallest absolute Gasteiger partial charge is 0.421 e. The summed E-state index contributed by atoms with van der Waals surface area (Å²) in [7, 11) is 0. The first-order valence-electron chi connectivity index (χ1n) is 8.40. The van der Waals surface area contributed by atoms with Gasteiger partial charge in [0.2, 0.25) is 0 Å². The lowest BCUT2D eigenvalue weighted by Gasteiger charge is -2.32. The Hall–Kier alpha value is -3.07. The highest BCUT2D eigenvalue weighted by Crippen LogP contribution is 2.48. The van der Waals surface area contributed by atoms with Gasteiger partial charge >= 0.3 is 12.2 Å². The van der Waals surface area contributed by atoms with Crippen LogP contribution in [0.4, 0.5) is 23.2 Å². The van der Waals surface area contributed by atoms with Gasteiger partial charge < -0.3 is 14.8 Å². The number of aryl methyl sites for hydroxylation is 1. The van der Waals surface area contributed by atoms with Crippen LogP contribution in [-0.4, -0.2) is 18.1 Å². The average molecular weight is 423 g/mol. The Morgan fingerprint density at radius 2 is 1.66 bits per heavy atom. The highest BCUT2D eigenvalue weighted by atomic mass is 32.1. The van der Waals surface area contributed by atoms with Gasteiger partial charge in [-0.1, -0.05) is 24.3 Å². The zero-order valence-corrected chi connectivity index (χ0v) is 15.7. The summed E-state index contributed by atoms with van der Waals surface area (Å²) in [4.78, 5) is 13.1. The van der Waals surface area contributed by atoms with Gasteiger partial charge in [-0.3, -0.25) is 4.79 Å². The maximum Gasteiger partial charge on any atom is 0.507 e. The quantitative estimate of drug-likeness (QED) is 0.531. The predicted molar refractivity (Wildman–Crippen MR) is 100 cm³/mol. The van der Waals surface area contributed by atoms with Gasteiger partial charge in [0.1, 0.15) is 0 Å². The van der Waals surface area contributed by atoms with Crippen LogP contribution in [0.3, 0.4) is 0 Å². The molecule has 0 saturated carbocycles. The molecule has 1 aromatic heterocycles. The van der Waals surface area contributed by atoms with Crippen molar-refractivity contribution < 1.29 is 31.8 Å². The molecular weight excluding hydrogens is 410 g/mol. The van der Waals surface area contributed by atoms with Gasteiger partial charge in [0, 0.05) is 11.3 Å². The third-order valence-electron chi connectivity index (χ3n) is 4.31. The minimum atomic E-state index is -4.80. The van der Waals surface area contributed by atoms with Gasteiger partial charge in [-0.2, -0.15) is 17.6 Å². The second-order valence-electron chi connectivity index (χ2n) is 6.33. The van der Waals surface area contributed by atoms with Gasteiger partial charge in [-0.05, 0) is 47.7 Å². The number of alkyl halides is 4. The van der Waals surface area contributed by atoms with Crippen LogP contribution in [0.15, 0.2) is 53.9 Å². The first kappa shape index (κ1) is 19.3. The Morgan fingerprint density at radius 1 is 0.966 bits per heavy atom. The van der Waals surface area contributed by atoms with Crippen molar-refractivity contribution >= 4 is 22.9 Å². The molecule has 4 nitrogen and oxygen atoms in total. The standard InChI is InChI=1S/C20H13F4NO3S/c1-11-8-9-29-17(11)18(26)25-14-5-3-2-4-13(14)12-6-7-15-16(10-12)28-20(23,24)19(21,22)27-15/h2-10H,1H3,(H,25,26). The summed E-state index contributed by atoms with van der Waals surface area (Å²) in [6, 6.07) is 12.2. The van der Waals surface area contributed by atoms with E-state index in [0.29, 0.717) is 21.7 Å². The lowest BCUT2D eigenvalue weighted by Crippen LogP contribution is -2.52. The Kier molecular flexibility index (Phi) is 4.49. The number of rotatable bonds is 3. The van der Waals surface area contributed by atoms with Crippen LogP contribution < -0.4 is 14.8 Å². The van der Waals surface area contributed by atoms with E-state index >= 15 is 0 Å². The predicted octanol–water partition coefficient (Wildman–Crippen LogP) is 5.93. The summed E-state index contributed by atoms with van der Waals surface area (Å²) >= 11 is 1.29. The maximum absolute atomic E-state index is 13.5. The van der Waals surface area contributed by atoms with E-state index in [1.54, 1.807) is 29.6 Å². The molecule has 150 valence electrons. The molecule has 1 amide bonds. The maximum atomic E-state index is 13.5. The Balaban J connectivity index is 1.69. The first-order valence-corrected chi connectivity index (χ1v) is 9.28. The molecule has 0 saturated heterocycles. The number of carbonyl (C=O) groups excluding carboxylic acids is 1. The van der Waals surface area contributed by atoms with Crippen molar-refractivity contribution in [3.05, 3.63) is 64.4 Å². The number of para-hydroxylation sites is 1. The molecule has 2 aromatic carbocycles. The van der Waals surface area contributed by atoms with E-state index < -0.39 is 23.7 Å². The number of halogens is 4. The molecule has 0 fully saturated rings. The lowest BCUT2D eigenvalue weighted by molar-refractivity contribution is -0.391. The van der Waals surface area contributed by atoms with E-state index in [1.165, 1.54) is 23.5 Å². The number of ether oxygens (including phenoxy) is 2. The summed E-state index contributed by atoms with van der Waals surface area (Å²) in [6.45, 7) is 1.81. The minimum Gasteiger partial charge on any atom is -0.421 e. The molecular formula is C20H13F4NO3S. The van der Waals surface area contributed by atoms with Crippen molar-refractivity contribution in [2.75, 3.05) is 5.32 Å². The summed E-state index contributed by atoms with van der Waals surface area (Å²) in [5.41, 5.74) is 2.14. The van der Waals surface area contributed by atoms with Gasteiger partial charge in [0.15, 0.2) is 11.5 Å². The van der Waals surface area contributed by atoms with Crippen LogP contribution in [0.2, 0.25) is 0 Å². The summed E-state index contributed by atoms with van der Waals surface area (Å²) < 4.78 is 61.9. The van der Waals surface area contributed by atoms with Gasteiger partial charge in [0.25, 0.3) is 5.91 Å². The van der Waals surface area contributed by atoms with Gasteiger partial charge in [-0.25, -0.2) is 0 Å². The number of carbonyl (C=O) groups is 1. The molecule has 1 N–H and O–H groups in total. The van der Waals surface area contributed by atoms with E-state index in [2.05, 4.69) is 14.8 Å². The Bertz CT molecular complexity index is 1100. The van der Waals surface area contributed by atoms with Crippen LogP contribution >= 0.6 is 11.3 Å². The topological polar surface area (TPSA) is 47.6 Å². The molecule has 2 heterocycles. The number of benzene rings is 2. The summed E-state index contributed by atoms with van der Waals surface area (Å²) in [5, 5.41) is 4.59. The molecule has 3 aromatic rings. The molecule has 0 atom stereocenters. The number of nitrogens with one attached hydrogen (secondary N) is 1. The number of fused-ring (bicyclic) bond motifs is 1. The molecule has 1 aliphatic rings. The SMILES string of the molecule is Cc1ccsc1C(=O)Nc1ccccc1-c1ccc2c(c1)OC(F)(F)C(F)(F)O2. The number of hydrogen-bond acceptors (Lipinski definition) is 4. The van der Waals surface area contributed by atoms with Crippen molar-refractivity contribution in [2.45, 2.75) is 19.1 Å². The van der Waals surface area contributed by atoms with Crippen LogP contribution in [0.25, 0.3) is 11.1 Å². The molecule has 0 bridgehead atoms. The van der Waals surface area contributed by atoms with Crippen LogP contribution in [0.5, 0.6) is 11.5 Å². The van der Waals surface area contributed by atoms with Crippen molar-refractivity contribution in [2.24, 2.45) is 0 Å². The van der Waals surface area contributed by atoms with E-state index in [0.717, 1.165) is 11.6 Å². The molecule has 0 radical (unpaired) electrons. The summed E-state index contributed by atoms with van der Waals surface area (Å²) in [6.07, 6.45) is -9.57. The molecule has 4 rings (SSSR count). The number of hydrogen-bond donors (Lipinski definition) is 1. The first-order chi connectivity index (χ1) is 13.7. The fourth-order valence-corrected chi connectivity index (χ4v) is 3.68. The van der Waals surface area contributed by atoms with Crippen LogP contribution in [0.1, 0.15) is 15.2 Å². The number of amides is 1. The van der Waals surface area contributed by atoms with E-state index in [4.69, 9.17) is 0 Å². The van der Waals surface area contributed by atoms with Crippen molar-refractivity contribution in [3.8, 4) is 22.6 Å². The average Bonchev–Trinajstić information content (AvgIpc) is 3.08. The zero-order chi connectivity index (χ0) is 20.8. The monoisotopic (exact) mass is 423 g/mol. The van der Waals surface area contributed by atoms with Crippen molar-refractivity contribution in [1.82, 2.24) is 0 Å². The van der Waals surface area contributed by atoms with E-state index in [1.807, 2.05) is 13.0 Å². The Labute approximate surface area is 166 Å². The van der Waals surface area contributed by atoms with Crippen molar-refractivity contribution in [1.29, 1.82) is 0 Å². The number of anilines is 1. The molecule has 0 unspecified atom stereocenters. The van der Waals surface area contributed by atoms with Crippen molar-refractivity contribution in [3.63, 3.8) is 0 Å². The fourth-order valence-electron chi connectivity index (χ4n) is 2.86.